The molecule has 2 atom stereocenters. The van der Waals surface area contributed by atoms with E-state index >= 15 is 0 Å². The third-order valence-corrected chi connectivity index (χ3v) is 7.81. The molecule has 0 radical (unpaired) electrons. The van der Waals surface area contributed by atoms with Gasteiger partial charge in [-0.2, -0.15) is 0 Å². The van der Waals surface area contributed by atoms with Crippen LogP contribution in [0.15, 0.2) is 48.5 Å². The standard InChI is InChI=1S/C29H30N2O6S/c1-32-21-10-9-19-20(25(21)33-2)15-35-26(19)24-23-18(13-22-27(28(23)34-3)37-16-36-22)11-12-31(24)29(38)30-14-17-7-5-4-6-8-17/h4-10,13,24,26H,11-12,14-16H2,1-3H3,(H,30,38)/t24-,26+/m1/s1. The minimum Gasteiger partial charge on any atom is -0.493 e. The highest BCUT2D eigenvalue weighted by atomic mass is 32.1. The number of hydrogen-bond acceptors (Lipinski definition) is 7. The van der Waals surface area contributed by atoms with Crippen molar-refractivity contribution in [3.63, 3.8) is 0 Å². The molecule has 0 unspecified atom stereocenters. The topological polar surface area (TPSA) is 70.7 Å². The van der Waals surface area contributed by atoms with Gasteiger partial charge in [-0.25, -0.2) is 0 Å². The number of thiocarbonyl (C=S) groups is 1. The Bertz CT molecular complexity index is 1370. The van der Waals surface area contributed by atoms with Crippen molar-refractivity contribution in [3.05, 3.63) is 76.3 Å². The highest BCUT2D eigenvalue weighted by Gasteiger charge is 2.44. The molecule has 6 rings (SSSR count). The van der Waals surface area contributed by atoms with Crippen LogP contribution in [-0.2, 0) is 24.3 Å². The Morgan fingerprint density at radius 2 is 1.84 bits per heavy atom. The van der Waals surface area contributed by atoms with Crippen LogP contribution in [0.3, 0.4) is 0 Å². The van der Waals surface area contributed by atoms with E-state index in [1.54, 1.807) is 21.3 Å². The molecular weight excluding hydrogens is 504 g/mol. The largest absolute Gasteiger partial charge is 0.493 e. The third-order valence-electron chi connectivity index (χ3n) is 7.43. The molecule has 38 heavy (non-hydrogen) atoms. The minimum absolute atomic E-state index is 0.166. The van der Waals surface area contributed by atoms with Gasteiger partial charge in [0.05, 0.1) is 34.0 Å². The highest BCUT2D eigenvalue weighted by Crippen LogP contribution is 2.55. The van der Waals surface area contributed by atoms with Gasteiger partial charge < -0.3 is 38.6 Å². The van der Waals surface area contributed by atoms with E-state index in [-0.39, 0.29) is 18.9 Å². The average molecular weight is 535 g/mol. The molecule has 3 aromatic carbocycles. The first-order chi connectivity index (χ1) is 18.6. The molecule has 0 spiro atoms. The van der Waals surface area contributed by atoms with Crippen molar-refractivity contribution in [2.24, 2.45) is 0 Å². The Kier molecular flexibility index (Phi) is 6.63. The SMILES string of the molecule is COc1ccc2c(c1OC)CO[C@@H]2[C@H]1c2c(cc3c(c2OC)OCO3)CCN1C(=S)NCc1ccccc1. The summed E-state index contributed by atoms with van der Waals surface area (Å²) in [4.78, 5) is 2.21. The summed E-state index contributed by atoms with van der Waals surface area (Å²) >= 11 is 6.00. The van der Waals surface area contributed by atoms with E-state index in [9.17, 15) is 0 Å². The van der Waals surface area contributed by atoms with Crippen molar-refractivity contribution < 1.29 is 28.4 Å². The number of nitrogens with zero attached hydrogens (tertiary/aromatic N) is 1. The molecule has 3 aromatic rings. The lowest BCUT2D eigenvalue weighted by molar-refractivity contribution is 0.00751. The summed E-state index contributed by atoms with van der Waals surface area (Å²) in [7, 11) is 4.96. The molecule has 198 valence electrons. The molecule has 3 heterocycles. The first kappa shape index (κ1) is 24.6. The first-order valence-electron chi connectivity index (χ1n) is 12.6. The van der Waals surface area contributed by atoms with Crippen LogP contribution in [0.4, 0.5) is 0 Å². The predicted octanol–water partition coefficient (Wildman–Crippen LogP) is 4.69. The molecule has 8 nitrogen and oxygen atoms in total. The number of rotatable bonds is 6. The van der Waals surface area contributed by atoms with Gasteiger partial charge in [0.2, 0.25) is 12.5 Å². The van der Waals surface area contributed by atoms with Gasteiger partial charge in [-0.05, 0) is 47.5 Å². The molecule has 0 amide bonds. The smallest absolute Gasteiger partial charge is 0.231 e. The van der Waals surface area contributed by atoms with Gasteiger partial charge in [-0.15, -0.1) is 0 Å². The van der Waals surface area contributed by atoms with Gasteiger partial charge in [0.15, 0.2) is 28.1 Å². The van der Waals surface area contributed by atoms with E-state index in [1.807, 2.05) is 24.3 Å². The molecule has 0 saturated carbocycles. The van der Waals surface area contributed by atoms with E-state index in [2.05, 4.69) is 34.5 Å². The predicted molar refractivity (Wildman–Crippen MR) is 145 cm³/mol. The van der Waals surface area contributed by atoms with Gasteiger partial charge in [0.25, 0.3) is 0 Å². The highest BCUT2D eigenvalue weighted by molar-refractivity contribution is 7.80. The molecule has 0 aromatic heterocycles. The van der Waals surface area contributed by atoms with Crippen molar-refractivity contribution >= 4 is 17.3 Å². The van der Waals surface area contributed by atoms with E-state index in [1.165, 1.54) is 0 Å². The quantitative estimate of drug-likeness (QED) is 0.454. The summed E-state index contributed by atoms with van der Waals surface area (Å²) < 4.78 is 35.4. The minimum atomic E-state index is -0.324. The molecule has 0 saturated heterocycles. The van der Waals surface area contributed by atoms with E-state index < -0.39 is 0 Å². The van der Waals surface area contributed by atoms with Gasteiger partial charge in [0.1, 0.15) is 6.10 Å². The Balaban J connectivity index is 1.44. The Labute approximate surface area is 227 Å². The van der Waals surface area contributed by atoms with Crippen molar-refractivity contribution in [3.8, 4) is 28.7 Å². The van der Waals surface area contributed by atoms with Gasteiger partial charge in [-0.3, -0.25) is 0 Å². The monoisotopic (exact) mass is 534 g/mol. The molecule has 3 aliphatic heterocycles. The zero-order chi connectivity index (χ0) is 26.2. The summed E-state index contributed by atoms with van der Waals surface area (Å²) in [6.07, 6.45) is 0.451. The summed E-state index contributed by atoms with van der Waals surface area (Å²) in [6, 6.07) is 16.0. The number of fused-ring (bicyclic) bond motifs is 3. The lowest BCUT2D eigenvalue weighted by atomic mass is 9.85. The summed E-state index contributed by atoms with van der Waals surface area (Å²) in [5.41, 5.74) is 5.31. The molecule has 9 heteroatoms. The maximum Gasteiger partial charge on any atom is 0.231 e. The molecule has 0 bridgehead atoms. The van der Waals surface area contributed by atoms with Crippen LogP contribution >= 0.6 is 12.2 Å². The Hall–Kier alpha value is -3.69. The van der Waals surface area contributed by atoms with Gasteiger partial charge in [-0.1, -0.05) is 36.4 Å². The average Bonchev–Trinajstić information content (AvgIpc) is 3.61. The van der Waals surface area contributed by atoms with Crippen molar-refractivity contribution in [2.45, 2.75) is 31.7 Å². The fraction of sp³-hybridized carbons (Fsp3) is 0.345. The van der Waals surface area contributed by atoms with Crippen molar-refractivity contribution in [1.82, 2.24) is 10.2 Å². The zero-order valence-corrected chi connectivity index (χ0v) is 22.4. The van der Waals surface area contributed by atoms with Crippen LogP contribution in [0.5, 0.6) is 28.7 Å². The lowest BCUT2D eigenvalue weighted by Gasteiger charge is -2.42. The Morgan fingerprint density at radius 3 is 2.61 bits per heavy atom. The fourth-order valence-electron chi connectivity index (χ4n) is 5.71. The second-order valence-electron chi connectivity index (χ2n) is 9.35. The number of benzene rings is 3. The van der Waals surface area contributed by atoms with E-state index in [0.717, 1.165) is 34.2 Å². The van der Waals surface area contributed by atoms with E-state index in [4.69, 9.17) is 40.6 Å². The lowest BCUT2D eigenvalue weighted by Crippen LogP contribution is -2.47. The second-order valence-corrected chi connectivity index (χ2v) is 9.74. The van der Waals surface area contributed by atoms with Crippen LogP contribution < -0.4 is 29.0 Å². The number of nitrogens with one attached hydrogen (secondary N) is 1. The molecule has 3 aliphatic rings. The van der Waals surface area contributed by atoms with Crippen LogP contribution in [0.1, 0.15) is 40.0 Å². The van der Waals surface area contributed by atoms with Crippen LogP contribution in [0.25, 0.3) is 0 Å². The number of methoxy groups -OCH3 is 3. The summed E-state index contributed by atoms with van der Waals surface area (Å²) in [6.45, 7) is 1.90. The summed E-state index contributed by atoms with van der Waals surface area (Å²) in [5, 5.41) is 4.12. The number of hydrogen-bond donors (Lipinski definition) is 1. The van der Waals surface area contributed by atoms with Gasteiger partial charge >= 0.3 is 0 Å². The number of ether oxygens (including phenoxy) is 6. The molecule has 0 aliphatic carbocycles. The van der Waals surface area contributed by atoms with Crippen molar-refractivity contribution in [1.29, 1.82) is 0 Å². The molecular formula is C29H30N2O6S. The van der Waals surface area contributed by atoms with Crippen LogP contribution in [0, 0.1) is 0 Å². The molecule has 1 N–H and O–H groups in total. The normalized spacial score (nSPS) is 19.0. The first-order valence-corrected chi connectivity index (χ1v) is 13.0. The van der Waals surface area contributed by atoms with Crippen LogP contribution in [0.2, 0.25) is 0 Å². The second kappa shape index (κ2) is 10.2. The summed E-state index contributed by atoms with van der Waals surface area (Å²) in [5.74, 6) is 3.35. The van der Waals surface area contributed by atoms with Crippen LogP contribution in [-0.4, -0.2) is 44.7 Å². The van der Waals surface area contributed by atoms with E-state index in [0.29, 0.717) is 53.6 Å². The Morgan fingerprint density at radius 1 is 1.03 bits per heavy atom. The third kappa shape index (κ3) is 4.06. The van der Waals surface area contributed by atoms with Gasteiger partial charge in [0, 0.05) is 24.2 Å². The fourth-order valence-corrected chi connectivity index (χ4v) is 5.99. The maximum absolute atomic E-state index is 6.53. The zero-order valence-electron chi connectivity index (χ0n) is 21.6. The van der Waals surface area contributed by atoms with Crippen molar-refractivity contribution in [2.75, 3.05) is 34.7 Å². The molecule has 0 fully saturated rings. The maximum atomic E-state index is 6.53.